The van der Waals surface area contributed by atoms with Gasteiger partial charge in [-0.05, 0) is 41.5 Å². The number of rotatable bonds is 5. The van der Waals surface area contributed by atoms with Crippen molar-refractivity contribution >= 4 is 35.5 Å². The average Bonchev–Trinajstić information content (AvgIpc) is 2.73. The molecule has 8 heteroatoms. The first kappa shape index (κ1) is 20.4. The standard InChI is InChI=1S/C21H19ClN2O5/c1-23-19(25)16(20(26)24(2)21(23)27)10-14-6-9-17(28-3)18(11-14)29-12-13-4-7-15(22)8-5-13/h4-11H,12H2,1-3H3. The van der Waals surface area contributed by atoms with E-state index in [9.17, 15) is 14.4 Å². The minimum atomic E-state index is -0.668. The van der Waals surface area contributed by atoms with Crippen molar-refractivity contribution in [3.8, 4) is 11.5 Å². The molecule has 1 aliphatic rings. The molecule has 7 nitrogen and oxygen atoms in total. The van der Waals surface area contributed by atoms with Gasteiger partial charge in [0.05, 0.1) is 7.11 Å². The van der Waals surface area contributed by atoms with E-state index in [4.69, 9.17) is 21.1 Å². The SMILES string of the molecule is COc1ccc(C=C2C(=O)N(C)C(=O)N(C)C2=O)cc1OCc1ccc(Cl)cc1. The Morgan fingerprint density at radius 2 is 1.55 bits per heavy atom. The molecule has 29 heavy (non-hydrogen) atoms. The van der Waals surface area contributed by atoms with E-state index in [1.54, 1.807) is 30.3 Å². The summed E-state index contributed by atoms with van der Waals surface area (Å²) in [5.41, 5.74) is 1.37. The van der Waals surface area contributed by atoms with Crippen molar-refractivity contribution in [1.82, 2.24) is 9.80 Å². The van der Waals surface area contributed by atoms with Gasteiger partial charge >= 0.3 is 6.03 Å². The van der Waals surface area contributed by atoms with Crippen molar-refractivity contribution in [3.05, 3.63) is 64.2 Å². The first-order chi connectivity index (χ1) is 13.8. The molecule has 1 saturated heterocycles. The number of benzene rings is 2. The number of carbonyl (C=O) groups is 3. The van der Waals surface area contributed by atoms with Crippen molar-refractivity contribution in [2.45, 2.75) is 6.61 Å². The van der Waals surface area contributed by atoms with E-state index >= 15 is 0 Å². The van der Waals surface area contributed by atoms with Gasteiger partial charge in [0.15, 0.2) is 11.5 Å². The molecular formula is C21H19ClN2O5. The van der Waals surface area contributed by atoms with Gasteiger partial charge in [-0.1, -0.05) is 29.8 Å². The van der Waals surface area contributed by atoms with Gasteiger partial charge in [-0.3, -0.25) is 19.4 Å². The predicted octanol–water partition coefficient (Wildman–Crippen LogP) is 3.36. The van der Waals surface area contributed by atoms with Gasteiger partial charge in [0, 0.05) is 19.1 Å². The Bertz CT molecular complexity index is 975. The van der Waals surface area contributed by atoms with Crippen molar-refractivity contribution in [2.24, 2.45) is 0 Å². The lowest BCUT2D eigenvalue weighted by Gasteiger charge is -2.28. The number of amides is 4. The van der Waals surface area contributed by atoms with Gasteiger partial charge in [0.25, 0.3) is 11.8 Å². The van der Waals surface area contributed by atoms with Gasteiger partial charge in [0.1, 0.15) is 12.2 Å². The second-order valence-corrected chi connectivity index (χ2v) is 6.83. The molecule has 0 bridgehead atoms. The number of ether oxygens (including phenoxy) is 2. The molecule has 2 aromatic carbocycles. The van der Waals surface area contributed by atoms with Crippen LogP contribution >= 0.6 is 11.6 Å². The monoisotopic (exact) mass is 414 g/mol. The average molecular weight is 415 g/mol. The van der Waals surface area contributed by atoms with Crippen LogP contribution in [0, 0.1) is 0 Å². The minimum absolute atomic E-state index is 0.108. The van der Waals surface area contributed by atoms with Crippen molar-refractivity contribution < 1.29 is 23.9 Å². The fourth-order valence-electron chi connectivity index (χ4n) is 2.78. The molecule has 0 radical (unpaired) electrons. The topological polar surface area (TPSA) is 76.2 Å². The van der Waals surface area contributed by atoms with Crippen LogP contribution in [0.5, 0.6) is 11.5 Å². The van der Waals surface area contributed by atoms with Crippen molar-refractivity contribution in [3.63, 3.8) is 0 Å². The Morgan fingerprint density at radius 1 is 0.931 bits per heavy atom. The number of nitrogens with zero attached hydrogens (tertiary/aromatic N) is 2. The highest BCUT2D eigenvalue weighted by atomic mass is 35.5. The Morgan fingerprint density at radius 3 is 2.14 bits per heavy atom. The molecule has 3 rings (SSSR count). The zero-order valence-electron chi connectivity index (χ0n) is 16.1. The summed E-state index contributed by atoms with van der Waals surface area (Å²) in [7, 11) is 4.18. The fraction of sp³-hybridized carbons (Fsp3) is 0.190. The molecular weight excluding hydrogens is 396 g/mol. The Balaban J connectivity index is 1.88. The Kier molecular flexibility index (Phi) is 5.89. The van der Waals surface area contributed by atoms with E-state index in [0.717, 1.165) is 15.4 Å². The van der Waals surface area contributed by atoms with Crippen LogP contribution in [0.25, 0.3) is 6.08 Å². The molecule has 2 aromatic rings. The molecule has 4 amide bonds. The van der Waals surface area contributed by atoms with Crippen LogP contribution in [0.15, 0.2) is 48.0 Å². The second kappa shape index (κ2) is 8.36. The van der Waals surface area contributed by atoms with Crippen LogP contribution in [0.2, 0.25) is 5.02 Å². The number of halogens is 1. The first-order valence-electron chi connectivity index (χ1n) is 8.69. The molecule has 0 spiro atoms. The summed E-state index contributed by atoms with van der Waals surface area (Å²) in [6, 6.07) is 11.6. The minimum Gasteiger partial charge on any atom is -0.493 e. The van der Waals surface area contributed by atoms with Crippen LogP contribution in [0.3, 0.4) is 0 Å². The summed E-state index contributed by atoms with van der Waals surface area (Å²) < 4.78 is 11.2. The van der Waals surface area contributed by atoms with Crippen LogP contribution in [0.4, 0.5) is 4.79 Å². The normalized spacial score (nSPS) is 14.3. The van der Waals surface area contributed by atoms with E-state index in [-0.39, 0.29) is 12.2 Å². The number of hydrogen-bond acceptors (Lipinski definition) is 5. The Labute approximate surface area is 173 Å². The maximum Gasteiger partial charge on any atom is 0.333 e. The first-order valence-corrected chi connectivity index (χ1v) is 9.06. The summed E-state index contributed by atoms with van der Waals surface area (Å²) >= 11 is 5.89. The number of urea groups is 1. The maximum absolute atomic E-state index is 12.4. The third kappa shape index (κ3) is 4.25. The molecule has 1 aliphatic heterocycles. The van der Waals surface area contributed by atoms with Crippen LogP contribution in [-0.2, 0) is 16.2 Å². The van der Waals surface area contributed by atoms with Crippen molar-refractivity contribution in [2.75, 3.05) is 21.2 Å². The second-order valence-electron chi connectivity index (χ2n) is 6.39. The van der Waals surface area contributed by atoms with Crippen LogP contribution in [-0.4, -0.2) is 48.9 Å². The van der Waals surface area contributed by atoms with Gasteiger partial charge in [-0.15, -0.1) is 0 Å². The number of likely N-dealkylation sites (N-methyl/N-ethyl adjacent to an activating group) is 2. The number of carbonyl (C=O) groups excluding carboxylic acids is 3. The quantitative estimate of drug-likeness (QED) is 0.554. The lowest BCUT2D eigenvalue weighted by atomic mass is 10.1. The lowest BCUT2D eigenvalue weighted by Crippen LogP contribution is -2.52. The molecule has 1 fully saturated rings. The van der Waals surface area contributed by atoms with Crippen LogP contribution in [0.1, 0.15) is 11.1 Å². The van der Waals surface area contributed by atoms with Gasteiger partial charge in [-0.2, -0.15) is 0 Å². The highest BCUT2D eigenvalue weighted by molar-refractivity contribution is 6.31. The fourth-order valence-corrected chi connectivity index (χ4v) is 2.91. The third-order valence-corrected chi connectivity index (χ3v) is 4.70. The smallest absolute Gasteiger partial charge is 0.333 e. The van der Waals surface area contributed by atoms with Gasteiger partial charge < -0.3 is 9.47 Å². The zero-order chi connectivity index (χ0) is 21.1. The number of methoxy groups -OCH3 is 1. The lowest BCUT2D eigenvalue weighted by molar-refractivity contribution is -0.134. The molecule has 0 aliphatic carbocycles. The highest BCUT2D eigenvalue weighted by Crippen LogP contribution is 2.30. The van der Waals surface area contributed by atoms with Gasteiger partial charge in [-0.25, -0.2) is 4.79 Å². The van der Waals surface area contributed by atoms with E-state index in [1.165, 1.54) is 27.3 Å². The summed E-state index contributed by atoms with van der Waals surface area (Å²) in [5, 5.41) is 0.634. The summed E-state index contributed by atoms with van der Waals surface area (Å²) in [4.78, 5) is 38.4. The summed E-state index contributed by atoms with van der Waals surface area (Å²) in [6.07, 6.45) is 1.43. The predicted molar refractivity (Wildman–Crippen MR) is 108 cm³/mol. The third-order valence-electron chi connectivity index (χ3n) is 4.45. The molecule has 0 N–H and O–H groups in total. The molecule has 0 atom stereocenters. The maximum atomic E-state index is 12.4. The number of barbiturate groups is 1. The van der Waals surface area contributed by atoms with Crippen molar-refractivity contribution in [1.29, 1.82) is 0 Å². The van der Waals surface area contributed by atoms with E-state index in [0.29, 0.717) is 22.1 Å². The number of hydrogen-bond donors (Lipinski definition) is 0. The largest absolute Gasteiger partial charge is 0.493 e. The van der Waals surface area contributed by atoms with Crippen LogP contribution < -0.4 is 9.47 Å². The Hall–Kier alpha value is -3.32. The van der Waals surface area contributed by atoms with E-state index < -0.39 is 17.8 Å². The van der Waals surface area contributed by atoms with E-state index in [1.807, 2.05) is 12.1 Å². The van der Waals surface area contributed by atoms with Gasteiger partial charge in [0.2, 0.25) is 0 Å². The summed E-state index contributed by atoms with van der Waals surface area (Å²) in [6.45, 7) is 0.283. The number of imide groups is 2. The molecule has 150 valence electrons. The van der Waals surface area contributed by atoms with E-state index in [2.05, 4.69) is 0 Å². The zero-order valence-corrected chi connectivity index (χ0v) is 16.9. The molecule has 0 unspecified atom stereocenters. The molecule has 0 aromatic heterocycles. The highest BCUT2D eigenvalue weighted by Gasteiger charge is 2.37. The molecule has 0 saturated carbocycles. The summed E-state index contributed by atoms with van der Waals surface area (Å²) in [5.74, 6) is -0.354. The molecule has 1 heterocycles.